The van der Waals surface area contributed by atoms with Gasteiger partial charge in [-0.2, -0.15) is 0 Å². The molecule has 0 aromatic carbocycles. The first-order valence-corrected chi connectivity index (χ1v) is 8.07. The zero-order valence-corrected chi connectivity index (χ0v) is 12.8. The van der Waals surface area contributed by atoms with E-state index in [1.165, 1.54) is 11.3 Å². The highest BCUT2D eigenvalue weighted by molar-refractivity contribution is 7.18. The summed E-state index contributed by atoms with van der Waals surface area (Å²) in [6.07, 6.45) is 3.48. The van der Waals surface area contributed by atoms with E-state index in [-0.39, 0.29) is 11.7 Å². The number of hydrogen-bond acceptors (Lipinski definition) is 7. The average Bonchev–Trinajstić information content (AvgIpc) is 3.06. The minimum Gasteiger partial charge on any atom is -0.382 e. The van der Waals surface area contributed by atoms with Crippen molar-refractivity contribution in [3.8, 4) is 0 Å². The lowest BCUT2D eigenvalue weighted by Crippen LogP contribution is -2.25. The van der Waals surface area contributed by atoms with E-state index in [9.17, 15) is 4.79 Å². The Kier molecular flexibility index (Phi) is 5.31. The second kappa shape index (κ2) is 7.20. The smallest absolute Gasteiger partial charge is 0.265 e. The van der Waals surface area contributed by atoms with Gasteiger partial charge in [0.25, 0.3) is 5.91 Å². The molecule has 0 saturated heterocycles. The zero-order valence-electron chi connectivity index (χ0n) is 11.2. The molecule has 0 atom stereocenters. The lowest BCUT2D eigenvalue weighted by atomic mass is 10.4. The van der Waals surface area contributed by atoms with Gasteiger partial charge in [-0.3, -0.25) is 4.79 Å². The average molecular weight is 311 g/mol. The third-order valence-corrected chi connectivity index (χ3v) is 4.36. The van der Waals surface area contributed by atoms with Crippen molar-refractivity contribution >= 4 is 39.5 Å². The van der Waals surface area contributed by atoms with Crippen LogP contribution < -0.4 is 16.4 Å². The van der Waals surface area contributed by atoms with E-state index in [0.717, 1.165) is 24.4 Å². The molecule has 6 nitrogen and oxygen atoms in total. The lowest BCUT2D eigenvalue weighted by Gasteiger charge is -2.01. The summed E-state index contributed by atoms with van der Waals surface area (Å²) in [5.41, 5.74) is 5.77. The molecule has 0 aliphatic carbocycles. The van der Waals surface area contributed by atoms with E-state index in [1.807, 2.05) is 5.38 Å². The van der Waals surface area contributed by atoms with E-state index >= 15 is 0 Å². The molecule has 2 aromatic heterocycles. The molecular formula is C12H17N5OS2. The Morgan fingerprint density at radius 1 is 1.45 bits per heavy atom. The van der Waals surface area contributed by atoms with E-state index < -0.39 is 0 Å². The van der Waals surface area contributed by atoms with Crippen molar-refractivity contribution in [1.82, 2.24) is 15.3 Å². The van der Waals surface area contributed by atoms with Crippen molar-refractivity contribution in [2.75, 3.05) is 24.1 Å². The van der Waals surface area contributed by atoms with Gasteiger partial charge in [0.15, 0.2) is 5.13 Å². The number of carbonyl (C=O) groups excluding carboxylic acids is 1. The summed E-state index contributed by atoms with van der Waals surface area (Å²) in [7, 11) is 0. The number of nitrogens with two attached hydrogens (primary N) is 1. The summed E-state index contributed by atoms with van der Waals surface area (Å²) in [5.74, 6) is 0.0986. The molecule has 108 valence electrons. The summed E-state index contributed by atoms with van der Waals surface area (Å²) in [6, 6.07) is 0. The van der Waals surface area contributed by atoms with Crippen LogP contribution in [0.4, 0.5) is 10.9 Å². The Labute approximate surface area is 125 Å². The lowest BCUT2D eigenvalue weighted by molar-refractivity contribution is 0.0959. The summed E-state index contributed by atoms with van der Waals surface area (Å²) < 4.78 is 0. The van der Waals surface area contributed by atoms with Crippen molar-refractivity contribution in [3.63, 3.8) is 0 Å². The largest absolute Gasteiger partial charge is 0.382 e. The SMILES string of the molecule is CCCNc1nc(N)c(C(=O)NCCc2nccs2)s1. The van der Waals surface area contributed by atoms with Gasteiger partial charge in [0, 0.05) is 31.1 Å². The molecule has 1 amide bonds. The minimum absolute atomic E-state index is 0.180. The molecule has 2 heterocycles. The Balaban J connectivity index is 1.86. The van der Waals surface area contributed by atoms with Crippen LogP contribution in [-0.2, 0) is 6.42 Å². The number of aromatic nitrogens is 2. The molecule has 0 fully saturated rings. The maximum atomic E-state index is 12.0. The van der Waals surface area contributed by atoms with Crippen LogP contribution in [-0.4, -0.2) is 29.0 Å². The fourth-order valence-corrected chi connectivity index (χ4v) is 2.99. The van der Waals surface area contributed by atoms with E-state index in [1.54, 1.807) is 17.5 Å². The molecule has 0 bridgehead atoms. The first-order valence-electron chi connectivity index (χ1n) is 6.37. The van der Waals surface area contributed by atoms with Gasteiger partial charge in [-0.15, -0.1) is 11.3 Å². The molecule has 4 N–H and O–H groups in total. The van der Waals surface area contributed by atoms with E-state index in [4.69, 9.17) is 5.73 Å². The van der Waals surface area contributed by atoms with Crippen LogP contribution in [0.1, 0.15) is 28.0 Å². The first-order chi connectivity index (χ1) is 9.70. The summed E-state index contributed by atoms with van der Waals surface area (Å²) in [6.45, 7) is 3.43. The van der Waals surface area contributed by atoms with Crippen LogP contribution in [0, 0.1) is 0 Å². The molecule has 0 radical (unpaired) electrons. The topological polar surface area (TPSA) is 92.9 Å². The highest BCUT2D eigenvalue weighted by Gasteiger charge is 2.15. The normalized spacial score (nSPS) is 10.4. The number of nitrogen functional groups attached to an aromatic ring is 1. The summed E-state index contributed by atoms with van der Waals surface area (Å²) >= 11 is 2.86. The number of anilines is 2. The monoisotopic (exact) mass is 311 g/mol. The molecular weight excluding hydrogens is 294 g/mol. The van der Waals surface area contributed by atoms with Gasteiger partial charge in [0.05, 0.1) is 5.01 Å². The van der Waals surface area contributed by atoms with Crippen LogP contribution in [0.15, 0.2) is 11.6 Å². The third kappa shape index (κ3) is 3.91. The molecule has 2 rings (SSSR count). The number of nitrogens with one attached hydrogen (secondary N) is 2. The van der Waals surface area contributed by atoms with Gasteiger partial charge in [0.1, 0.15) is 10.7 Å². The van der Waals surface area contributed by atoms with Gasteiger partial charge in [-0.25, -0.2) is 9.97 Å². The Morgan fingerprint density at radius 3 is 3.00 bits per heavy atom. The quantitative estimate of drug-likeness (QED) is 0.727. The molecule has 0 aliphatic rings. The molecule has 0 spiro atoms. The number of hydrogen-bond donors (Lipinski definition) is 3. The zero-order chi connectivity index (χ0) is 14.4. The number of amides is 1. The molecule has 0 aliphatic heterocycles. The Hall–Kier alpha value is -1.67. The predicted octanol–water partition coefficient (Wildman–Crippen LogP) is 1.98. The van der Waals surface area contributed by atoms with Crippen molar-refractivity contribution in [1.29, 1.82) is 0 Å². The first kappa shape index (κ1) is 14.7. The second-order valence-electron chi connectivity index (χ2n) is 4.09. The summed E-state index contributed by atoms with van der Waals surface area (Å²) in [5, 5.41) is 9.58. The molecule has 20 heavy (non-hydrogen) atoms. The van der Waals surface area contributed by atoms with Gasteiger partial charge in [-0.1, -0.05) is 18.3 Å². The number of rotatable bonds is 7. The van der Waals surface area contributed by atoms with Crippen molar-refractivity contribution < 1.29 is 4.79 Å². The molecule has 2 aromatic rings. The standard InChI is InChI=1S/C12H17N5OS2/c1-2-4-16-12-17-10(13)9(20-12)11(18)15-5-3-8-14-6-7-19-8/h6-7H,2-5,13H2,1H3,(H,15,18)(H,16,17). The Bertz CT molecular complexity index is 552. The van der Waals surface area contributed by atoms with E-state index in [0.29, 0.717) is 16.6 Å². The highest BCUT2D eigenvalue weighted by Crippen LogP contribution is 2.24. The third-order valence-electron chi connectivity index (χ3n) is 2.49. The van der Waals surface area contributed by atoms with Gasteiger partial charge in [0.2, 0.25) is 0 Å². The molecule has 8 heteroatoms. The van der Waals surface area contributed by atoms with Crippen LogP contribution in [0.3, 0.4) is 0 Å². The van der Waals surface area contributed by atoms with Crippen molar-refractivity contribution in [3.05, 3.63) is 21.5 Å². The molecule has 0 saturated carbocycles. The number of carbonyl (C=O) groups is 1. The second-order valence-corrected chi connectivity index (χ2v) is 6.07. The predicted molar refractivity (Wildman–Crippen MR) is 83.5 cm³/mol. The van der Waals surface area contributed by atoms with Crippen LogP contribution in [0.2, 0.25) is 0 Å². The van der Waals surface area contributed by atoms with E-state index in [2.05, 4.69) is 27.5 Å². The fourth-order valence-electron chi connectivity index (χ4n) is 1.54. The fraction of sp³-hybridized carbons (Fsp3) is 0.417. The number of thiazole rings is 2. The van der Waals surface area contributed by atoms with Gasteiger partial charge >= 0.3 is 0 Å². The summed E-state index contributed by atoms with van der Waals surface area (Å²) in [4.78, 5) is 20.8. The van der Waals surface area contributed by atoms with Crippen LogP contribution in [0.5, 0.6) is 0 Å². The highest BCUT2D eigenvalue weighted by atomic mass is 32.1. The van der Waals surface area contributed by atoms with Crippen molar-refractivity contribution in [2.45, 2.75) is 19.8 Å². The van der Waals surface area contributed by atoms with Crippen LogP contribution >= 0.6 is 22.7 Å². The minimum atomic E-state index is -0.180. The maximum absolute atomic E-state index is 12.0. The maximum Gasteiger partial charge on any atom is 0.265 e. The van der Waals surface area contributed by atoms with Crippen molar-refractivity contribution in [2.24, 2.45) is 0 Å². The number of nitrogens with zero attached hydrogens (tertiary/aromatic N) is 2. The van der Waals surface area contributed by atoms with Crippen LogP contribution in [0.25, 0.3) is 0 Å². The van der Waals surface area contributed by atoms with Gasteiger partial charge < -0.3 is 16.4 Å². The van der Waals surface area contributed by atoms with Gasteiger partial charge in [-0.05, 0) is 6.42 Å². The Morgan fingerprint density at radius 2 is 2.30 bits per heavy atom. The molecule has 0 unspecified atom stereocenters.